The Morgan fingerprint density at radius 2 is 1.96 bits per heavy atom. The second-order valence-corrected chi connectivity index (χ2v) is 7.15. The second kappa shape index (κ2) is 13.8. The molecule has 1 heterocycles. The van der Waals surface area contributed by atoms with Crippen molar-refractivity contribution in [1.82, 2.24) is 20.9 Å². The third-order valence-electron chi connectivity index (χ3n) is 4.76. The monoisotopic (exact) mass is 501 g/mol. The summed E-state index contributed by atoms with van der Waals surface area (Å²) < 4.78 is 0. The van der Waals surface area contributed by atoms with Crippen LogP contribution < -0.4 is 16.0 Å². The van der Waals surface area contributed by atoms with E-state index in [1.807, 2.05) is 31.2 Å². The molecule has 1 saturated heterocycles. The molecule has 1 amide bonds. The molecule has 6 nitrogen and oxygen atoms in total. The first-order valence-electron chi connectivity index (χ1n) is 10.2. The molecule has 0 aliphatic carbocycles. The maximum absolute atomic E-state index is 12.2. The highest BCUT2D eigenvalue weighted by Gasteiger charge is 2.19. The average Bonchev–Trinajstić information content (AvgIpc) is 2.67. The molecular formula is C21H36IN5O. The number of carbonyl (C=O) groups is 1. The van der Waals surface area contributed by atoms with Crippen LogP contribution in [0.2, 0.25) is 0 Å². The highest BCUT2D eigenvalue weighted by atomic mass is 127. The van der Waals surface area contributed by atoms with Gasteiger partial charge in [0.05, 0.1) is 6.54 Å². The summed E-state index contributed by atoms with van der Waals surface area (Å²) in [5, 5.41) is 9.79. The first kappa shape index (κ1) is 24.7. The SMILES string of the molecule is CCCN1CCC(NC(=NCCNC(=O)c2cccc(C)c2)NCC)CC1.I. The fourth-order valence-corrected chi connectivity index (χ4v) is 3.36. The lowest BCUT2D eigenvalue weighted by Crippen LogP contribution is -2.49. The number of nitrogens with one attached hydrogen (secondary N) is 3. The number of piperidine rings is 1. The zero-order valence-electron chi connectivity index (χ0n) is 17.5. The van der Waals surface area contributed by atoms with Crippen LogP contribution in [0.3, 0.4) is 0 Å². The molecule has 1 aliphatic rings. The van der Waals surface area contributed by atoms with Crippen LogP contribution in [0.15, 0.2) is 29.3 Å². The molecule has 1 fully saturated rings. The van der Waals surface area contributed by atoms with Gasteiger partial charge in [-0.15, -0.1) is 24.0 Å². The number of benzene rings is 1. The van der Waals surface area contributed by atoms with Crippen molar-refractivity contribution in [2.24, 2.45) is 4.99 Å². The standard InChI is InChI=1S/C21H35N5O.HI/c1-4-13-26-14-9-19(10-15-26)25-21(22-5-2)24-12-11-23-20(27)18-8-6-7-17(3)16-18;/h6-8,16,19H,4-5,9-15H2,1-3H3,(H,23,27)(H2,22,24,25);1H. The molecule has 158 valence electrons. The molecule has 1 aromatic rings. The van der Waals surface area contributed by atoms with E-state index in [0.29, 0.717) is 24.7 Å². The van der Waals surface area contributed by atoms with E-state index in [1.54, 1.807) is 0 Å². The number of carbonyl (C=O) groups excluding carboxylic acids is 1. The van der Waals surface area contributed by atoms with Crippen molar-refractivity contribution in [3.63, 3.8) is 0 Å². The number of guanidine groups is 1. The van der Waals surface area contributed by atoms with Gasteiger partial charge in [-0.3, -0.25) is 9.79 Å². The van der Waals surface area contributed by atoms with Gasteiger partial charge in [0.25, 0.3) is 5.91 Å². The highest BCUT2D eigenvalue weighted by molar-refractivity contribution is 14.0. The van der Waals surface area contributed by atoms with E-state index in [-0.39, 0.29) is 29.9 Å². The molecule has 28 heavy (non-hydrogen) atoms. The van der Waals surface area contributed by atoms with Crippen LogP contribution in [0, 0.1) is 6.92 Å². The Balaban J connectivity index is 0.00000392. The highest BCUT2D eigenvalue weighted by Crippen LogP contribution is 2.10. The number of aliphatic imine (C=N–C) groups is 1. The Morgan fingerprint density at radius 1 is 1.21 bits per heavy atom. The summed E-state index contributed by atoms with van der Waals surface area (Å²) in [7, 11) is 0. The first-order chi connectivity index (χ1) is 13.1. The number of rotatable bonds is 8. The molecular weight excluding hydrogens is 465 g/mol. The minimum Gasteiger partial charge on any atom is -0.357 e. The molecule has 0 unspecified atom stereocenters. The van der Waals surface area contributed by atoms with Crippen LogP contribution >= 0.6 is 24.0 Å². The topological polar surface area (TPSA) is 68.8 Å². The third kappa shape index (κ3) is 8.77. The van der Waals surface area contributed by atoms with E-state index in [2.05, 4.69) is 39.7 Å². The fourth-order valence-electron chi connectivity index (χ4n) is 3.36. The van der Waals surface area contributed by atoms with Gasteiger partial charge in [0.15, 0.2) is 5.96 Å². The van der Waals surface area contributed by atoms with Gasteiger partial charge < -0.3 is 20.9 Å². The predicted molar refractivity (Wildman–Crippen MR) is 128 cm³/mol. The quantitative estimate of drug-likeness (QED) is 0.222. The maximum Gasteiger partial charge on any atom is 0.251 e. The molecule has 0 bridgehead atoms. The van der Waals surface area contributed by atoms with Crippen molar-refractivity contribution in [3.8, 4) is 0 Å². The molecule has 3 N–H and O–H groups in total. The Labute approximate surface area is 187 Å². The fraction of sp³-hybridized carbons (Fsp3) is 0.619. The van der Waals surface area contributed by atoms with E-state index < -0.39 is 0 Å². The van der Waals surface area contributed by atoms with E-state index in [0.717, 1.165) is 44.0 Å². The first-order valence-corrected chi connectivity index (χ1v) is 10.2. The number of likely N-dealkylation sites (tertiary alicyclic amines) is 1. The molecule has 0 radical (unpaired) electrons. The Morgan fingerprint density at radius 3 is 2.61 bits per heavy atom. The Hall–Kier alpha value is -1.35. The van der Waals surface area contributed by atoms with Gasteiger partial charge in [0.2, 0.25) is 0 Å². The Kier molecular flexibility index (Phi) is 12.1. The van der Waals surface area contributed by atoms with Crippen molar-refractivity contribution in [2.45, 2.75) is 46.1 Å². The van der Waals surface area contributed by atoms with Crippen LogP contribution in [0.1, 0.15) is 49.0 Å². The number of aryl methyl sites for hydroxylation is 1. The number of nitrogens with zero attached hydrogens (tertiary/aromatic N) is 2. The summed E-state index contributed by atoms with van der Waals surface area (Å²) in [6.07, 6.45) is 3.51. The molecule has 7 heteroatoms. The van der Waals surface area contributed by atoms with Gasteiger partial charge in [0, 0.05) is 37.8 Å². The van der Waals surface area contributed by atoms with Crippen LogP contribution in [0.4, 0.5) is 0 Å². The van der Waals surface area contributed by atoms with Gasteiger partial charge in [-0.05, 0) is 51.8 Å². The molecule has 1 aliphatic heterocycles. The maximum atomic E-state index is 12.2. The van der Waals surface area contributed by atoms with Crippen molar-refractivity contribution in [3.05, 3.63) is 35.4 Å². The molecule has 0 spiro atoms. The van der Waals surface area contributed by atoms with E-state index >= 15 is 0 Å². The smallest absolute Gasteiger partial charge is 0.251 e. The average molecular weight is 501 g/mol. The molecule has 0 aromatic heterocycles. The van der Waals surface area contributed by atoms with Crippen molar-refractivity contribution in [2.75, 3.05) is 39.3 Å². The van der Waals surface area contributed by atoms with Gasteiger partial charge >= 0.3 is 0 Å². The normalized spacial score (nSPS) is 15.6. The third-order valence-corrected chi connectivity index (χ3v) is 4.76. The minimum absolute atomic E-state index is 0. The van der Waals surface area contributed by atoms with Gasteiger partial charge in [-0.25, -0.2) is 0 Å². The predicted octanol–water partition coefficient (Wildman–Crippen LogP) is 2.77. The van der Waals surface area contributed by atoms with Crippen molar-refractivity contribution in [1.29, 1.82) is 0 Å². The number of amides is 1. The molecule has 0 atom stereocenters. The van der Waals surface area contributed by atoms with Crippen molar-refractivity contribution >= 4 is 35.8 Å². The summed E-state index contributed by atoms with van der Waals surface area (Å²) in [4.78, 5) is 19.3. The largest absolute Gasteiger partial charge is 0.357 e. The van der Waals surface area contributed by atoms with E-state index in [1.165, 1.54) is 13.0 Å². The van der Waals surface area contributed by atoms with E-state index in [9.17, 15) is 4.79 Å². The van der Waals surface area contributed by atoms with Gasteiger partial charge in [0.1, 0.15) is 0 Å². The summed E-state index contributed by atoms with van der Waals surface area (Å²) >= 11 is 0. The van der Waals surface area contributed by atoms with Crippen LogP contribution in [0.5, 0.6) is 0 Å². The summed E-state index contributed by atoms with van der Waals surface area (Å²) in [5.41, 5.74) is 1.78. The van der Waals surface area contributed by atoms with Crippen LogP contribution in [-0.2, 0) is 0 Å². The Bertz CT molecular complexity index is 615. The lowest BCUT2D eigenvalue weighted by molar-refractivity contribution is 0.0954. The van der Waals surface area contributed by atoms with Gasteiger partial charge in [-0.1, -0.05) is 24.6 Å². The number of hydrogen-bond donors (Lipinski definition) is 3. The zero-order valence-corrected chi connectivity index (χ0v) is 19.8. The van der Waals surface area contributed by atoms with Crippen molar-refractivity contribution < 1.29 is 4.79 Å². The number of hydrogen-bond acceptors (Lipinski definition) is 3. The van der Waals surface area contributed by atoms with Crippen LogP contribution in [0.25, 0.3) is 0 Å². The minimum atomic E-state index is -0.0462. The molecule has 2 rings (SSSR count). The van der Waals surface area contributed by atoms with Gasteiger partial charge in [-0.2, -0.15) is 0 Å². The lowest BCUT2D eigenvalue weighted by atomic mass is 10.1. The second-order valence-electron chi connectivity index (χ2n) is 7.15. The number of halogens is 1. The molecule has 1 aromatic carbocycles. The lowest BCUT2D eigenvalue weighted by Gasteiger charge is -2.32. The summed E-state index contributed by atoms with van der Waals surface area (Å²) in [6, 6.07) is 8.10. The summed E-state index contributed by atoms with van der Waals surface area (Å²) in [5.74, 6) is 0.798. The molecule has 0 saturated carbocycles. The zero-order chi connectivity index (χ0) is 19.5. The summed E-state index contributed by atoms with van der Waals surface area (Å²) in [6.45, 7) is 11.7. The van der Waals surface area contributed by atoms with Crippen LogP contribution in [-0.4, -0.2) is 62.1 Å². The van der Waals surface area contributed by atoms with E-state index in [4.69, 9.17) is 0 Å².